The number of hydrogen-bond acceptors (Lipinski definition) is 4. The van der Waals surface area contributed by atoms with E-state index in [1.54, 1.807) is 19.2 Å². The maximum Gasteiger partial charge on any atom is 0.251 e. The lowest BCUT2D eigenvalue weighted by molar-refractivity contribution is 0.0901. The Hall–Kier alpha value is -2.76. The molecule has 0 heterocycles. The van der Waals surface area contributed by atoms with Crippen molar-refractivity contribution in [3.05, 3.63) is 102 Å². The van der Waals surface area contributed by atoms with Crippen molar-refractivity contribution in [1.29, 1.82) is 0 Å². The van der Waals surface area contributed by atoms with Crippen LogP contribution < -0.4 is 10.1 Å². The third kappa shape index (κ3) is 6.65. The number of nitrogens with one attached hydrogen (secondary N) is 1. The first kappa shape index (κ1) is 21.9. The zero-order valence-electron chi connectivity index (χ0n) is 17.0. The molecule has 3 rings (SSSR count). The third-order valence-corrected chi connectivity index (χ3v) is 6.03. The summed E-state index contributed by atoms with van der Waals surface area (Å²) in [7, 11) is 1.64. The number of hydrogen-bond donors (Lipinski definition) is 2. The van der Waals surface area contributed by atoms with Crippen molar-refractivity contribution in [2.24, 2.45) is 0 Å². The number of ether oxygens (including phenoxy) is 1. The van der Waals surface area contributed by atoms with Gasteiger partial charge in [-0.25, -0.2) is 0 Å². The molecule has 2 unspecified atom stereocenters. The van der Waals surface area contributed by atoms with E-state index in [1.807, 2.05) is 60.7 Å². The first-order valence-corrected chi connectivity index (χ1v) is 11.0. The van der Waals surface area contributed by atoms with Crippen molar-refractivity contribution in [2.75, 3.05) is 7.11 Å². The van der Waals surface area contributed by atoms with Gasteiger partial charge in [0.15, 0.2) is 0 Å². The number of aliphatic hydroxyl groups is 1. The minimum absolute atomic E-state index is 0.169. The van der Waals surface area contributed by atoms with Crippen LogP contribution in [0, 0.1) is 0 Å². The molecule has 0 saturated heterocycles. The van der Waals surface area contributed by atoms with Crippen LogP contribution in [-0.2, 0) is 12.2 Å². The molecule has 1 amide bonds. The molecule has 0 saturated carbocycles. The highest BCUT2D eigenvalue weighted by molar-refractivity contribution is 7.99. The van der Waals surface area contributed by atoms with Gasteiger partial charge in [0, 0.05) is 11.3 Å². The van der Waals surface area contributed by atoms with Gasteiger partial charge in [-0.15, -0.1) is 11.8 Å². The number of benzene rings is 3. The van der Waals surface area contributed by atoms with E-state index in [9.17, 15) is 9.90 Å². The molecule has 2 atom stereocenters. The van der Waals surface area contributed by atoms with Crippen LogP contribution in [0.25, 0.3) is 0 Å². The predicted octanol–water partition coefficient (Wildman–Crippen LogP) is 4.68. The van der Waals surface area contributed by atoms with Crippen molar-refractivity contribution < 1.29 is 14.6 Å². The van der Waals surface area contributed by atoms with Crippen LogP contribution in [0.5, 0.6) is 5.75 Å². The molecule has 0 fully saturated rings. The summed E-state index contributed by atoms with van der Waals surface area (Å²) in [6.45, 7) is 0. The molecule has 3 aromatic carbocycles. The number of methoxy groups -OCH3 is 1. The minimum atomic E-state index is -0.719. The second kappa shape index (κ2) is 11.4. The highest BCUT2D eigenvalue weighted by Crippen LogP contribution is 2.23. The fourth-order valence-electron chi connectivity index (χ4n) is 3.11. The van der Waals surface area contributed by atoms with Crippen LogP contribution >= 0.6 is 11.8 Å². The summed E-state index contributed by atoms with van der Waals surface area (Å²) >= 11 is 1.42. The first-order valence-electron chi connectivity index (χ1n) is 9.98. The Labute approximate surface area is 182 Å². The molecule has 4 nitrogen and oxygen atoms in total. The highest BCUT2D eigenvalue weighted by atomic mass is 32.2. The Morgan fingerprint density at radius 3 is 2.20 bits per heavy atom. The summed E-state index contributed by atoms with van der Waals surface area (Å²) in [5, 5.41) is 13.9. The SMILES string of the molecule is COc1ccc(CSC(O)C(CCc2ccccc2)NC(=O)c2ccccc2)cc1. The predicted molar refractivity (Wildman–Crippen MR) is 123 cm³/mol. The number of carbonyl (C=O) groups excluding carboxylic acids is 1. The first-order chi connectivity index (χ1) is 14.7. The Morgan fingerprint density at radius 2 is 1.57 bits per heavy atom. The van der Waals surface area contributed by atoms with E-state index in [2.05, 4.69) is 17.4 Å². The smallest absolute Gasteiger partial charge is 0.251 e. The molecular formula is C25H27NO3S. The second-order valence-electron chi connectivity index (χ2n) is 7.02. The van der Waals surface area contributed by atoms with E-state index in [-0.39, 0.29) is 11.9 Å². The van der Waals surface area contributed by atoms with Gasteiger partial charge in [-0.05, 0) is 48.2 Å². The van der Waals surface area contributed by atoms with Gasteiger partial charge < -0.3 is 15.2 Å². The van der Waals surface area contributed by atoms with Crippen molar-refractivity contribution >= 4 is 17.7 Å². The Balaban J connectivity index is 1.64. The average molecular weight is 422 g/mol. The van der Waals surface area contributed by atoms with E-state index >= 15 is 0 Å². The summed E-state index contributed by atoms with van der Waals surface area (Å²) in [6.07, 6.45) is 1.43. The van der Waals surface area contributed by atoms with Crippen LogP contribution in [0.15, 0.2) is 84.9 Å². The van der Waals surface area contributed by atoms with Crippen molar-refractivity contribution in [1.82, 2.24) is 5.32 Å². The molecule has 30 heavy (non-hydrogen) atoms. The van der Waals surface area contributed by atoms with Gasteiger partial charge in [0.1, 0.15) is 11.2 Å². The topological polar surface area (TPSA) is 58.6 Å². The van der Waals surface area contributed by atoms with E-state index < -0.39 is 5.44 Å². The van der Waals surface area contributed by atoms with E-state index in [0.717, 1.165) is 17.7 Å². The van der Waals surface area contributed by atoms with Crippen LogP contribution in [0.1, 0.15) is 27.9 Å². The molecule has 0 radical (unpaired) electrons. The van der Waals surface area contributed by atoms with Gasteiger partial charge in [-0.3, -0.25) is 4.79 Å². The number of carbonyl (C=O) groups is 1. The lowest BCUT2D eigenvalue weighted by atomic mass is 10.0. The summed E-state index contributed by atoms with van der Waals surface area (Å²) in [4.78, 5) is 12.7. The van der Waals surface area contributed by atoms with Gasteiger partial charge in [-0.1, -0.05) is 60.7 Å². The van der Waals surface area contributed by atoms with Gasteiger partial charge in [0.2, 0.25) is 0 Å². The average Bonchev–Trinajstić information content (AvgIpc) is 2.81. The monoisotopic (exact) mass is 421 g/mol. The van der Waals surface area contributed by atoms with Crippen LogP contribution in [0.3, 0.4) is 0 Å². The second-order valence-corrected chi connectivity index (χ2v) is 8.12. The summed E-state index contributed by atoms with van der Waals surface area (Å²) < 4.78 is 5.19. The molecule has 0 aliphatic heterocycles. The maximum absolute atomic E-state index is 12.7. The summed E-state index contributed by atoms with van der Waals surface area (Å²) in [6, 6.07) is 26.6. The van der Waals surface area contributed by atoms with Gasteiger partial charge in [0.25, 0.3) is 5.91 Å². The Kier molecular flexibility index (Phi) is 8.36. The quantitative estimate of drug-likeness (QED) is 0.467. The zero-order chi connectivity index (χ0) is 21.2. The molecule has 2 N–H and O–H groups in total. The van der Waals surface area contributed by atoms with Gasteiger partial charge in [-0.2, -0.15) is 0 Å². The number of rotatable bonds is 10. The number of thioether (sulfide) groups is 1. The van der Waals surface area contributed by atoms with E-state index in [4.69, 9.17) is 4.74 Å². The lowest BCUT2D eigenvalue weighted by Gasteiger charge is -2.24. The van der Waals surface area contributed by atoms with Crippen molar-refractivity contribution in [2.45, 2.75) is 30.1 Å². The molecule has 0 aromatic heterocycles. The zero-order valence-corrected chi connectivity index (χ0v) is 17.8. The van der Waals surface area contributed by atoms with Gasteiger partial charge >= 0.3 is 0 Å². The van der Waals surface area contributed by atoms with Crippen LogP contribution in [0.2, 0.25) is 0 Å². The number of aryl methyl sites for hydroxylation is 1. The van der Waals surface area contributed by atoms with Crippen molar-refractivity contribution in [3.8, 4) is 5.75 Å². The van der Waals surface area contributed by atoms with Crippen LogP contribution in [-0.4, -0.2) is 29.6 Å². The van der Waals surface area contributed by atoms with Crippen molar-refractivity contribution in [3.63, 3.8) is 0 Å². The number of aliphatic hydroxyl groups excluding tert-OH is 1. The van der Waals surface area contributed by atoms with E-state index in [1.165, 1.54) is 17.3 Å². The minimum Gasteiger partial charge on any atom is -0.497 e. The summed E-state index contributed by atoms with van der Waals surface area (Å²) in [5.74, 6) is 1.28. The normalized spacial score (nSPS) is 12.7. The molecule has 0 spiro atoms. The largest absolute Gasteiger partial charge is 0.497 e. The third-order valence-electron chi connectivity index (χ3n) is 4.86. The summed E-state index contributed by atoms with van der Waals surface area (Å²) in [5.41, 5.74) is 2.15. The molecule has 0 bridgehead atoms. The van der Waals surface area contributed by atoms with Gasteiger partial charge in [0.05, 0.1) is 13.2 Å². The fraction of sp³-hybridized carbons (Fsp3) is 0.240. The molecule has 156 valence electrons. The molecule has 0 aliphatic carbocycles. The number of amides is 1. The van der Waals surface area contributed by atoms with Crippen LogP contribution in [0.4, 0.5) is 0 Å². The van der Waals surface area contributed by atoms with E-state index in [0.29, 0.717) is 17.7 Å². The molecule has 5 heteroatoms. The molecular weight excluding hydrogens is 394 g/mol. The fourth-order valence-corrected chi connectivity index (χ4v) is 4.11. The highest BCUT2D eigenvalue weighted by Gasteiger charge is 2.22. The molecule has 3 aromatic rings. The Bertz CT molecular complexity index is 901. The Morgan fingerprint density at radius 1 is 0.933 bits per heavy atom. The lowest BCUT2D eigenvalue weighted by Crippen LogP contribution is -2.42. The standard InChI is InChI=1S/C25H27NO3S/c1-29-22-15-12-20(13-16-22)18-30-25(28)23(17-14-19-8-4-2-5-9-19)26-24(27)21-10-6-3-7-11-21/h2-13,15-16,23,25,28H,14,17-18H2,1H3,(H,26,27). The maximum atomic E-state index is 12.7. The molecule has 0 aliphatic rings.